The van der Waals surface area contributed by atoms with Crippen LogP contribution in [0.5, 0.6) is 11.5 Å². The summed E-state index contributed by atoms with van der Waals surface area (Å²) < 4.78 is 14.1. The predicted molar refractivity (Wildman–Crippen MR) is 123 cm³/mol. The zero-order chi connectivity index (χ0) is 21.4. The molecule has 30 heavy (non-hydrogen) atoms. The Morgan fingerprint density at radius 3 is 2.53 bits per heavy atom. The summed E-state index contributed by atoms with van der Waals surface area (Å²) in [6, 6.07) is 6.70. The molecule has 0 bridgehead atoms. The highest BCUT2D eigenvalue weighted by Gasteiger charge is 2.48. The molecule has 2 aromatic carbocycles. The van der Waals surface area contributed by atoms with Gasteiger partial charge in [0, 0.05) is 49.5 Å². The van der Waals surface area contributed by atoms with Gasteiger partial charge in [0.25, 0.3) is 0 Å². The van der Waals surface area contributed by atoms with E-state index in [9.17, 15) is 0 Å². The van der Waals surface area contributed by atoms with Crippen molar-refractivity contribution >= 4 is 28.8 Å². The second kappa shape index (κ2) is 6.26. The highest BCUT2D eigenvalue weighted by molar-refractivity contribution is 6.02. The molecule has 0 fully saturated rings. The third kappa shape index (κ3) is 2.36. The largest absolute Gasteiger partial charge is 0.454 e. The summed E-state index contributed by atoms with van der Waals surface area (Å²) in [6.07, 6.45) is 3.01. The van der Waals surface area contributed by atoms with Crippen molar-refractivity contribution in [3.8, 4) is 11.5 Å². The molecule has 0 saturated carbocycles. The van der Waals surface area contributed by atoms with Gasteiger partial charge in [0.15, 0.2) is 17.0 Å². The van der Waals surface area contributed by atoms with Crippen molar-refractivity contribution in [3.63, 3.8) is 0 Å². The van der Waals surface area contributed by atoms with Crippen molar-refractivity contribution in [1.29, 1.82) is 0 Å². The number of rotatable bonds is 3. The van der Waals surface area contributed by atoms with Crippen LogP contribution in [0.3, 0.4) is 0 Å². The maximum atomic E-state index is 6.00. The molecule has 4 nitrogen and oxygen atoms in total. The van der Waals surface area contributed by atoms with E-state index >= 15 is 0 Å². The molecule has 4 heteroatoms. The minimum Gasteiger partial charge on any atom is -0.454 e. The first kappa shape index (κ1) is 19.5. The van der Waals surface area contributed by atoms with Crippen molar-refractivity contribution < 1.29 is 14.0 Å². The van der Waals surface area contributed by atoms with E-state index in [-0.39, 0.29) is 11.0 Å². The van der Waals surface area contributed by atoms with Gasteiger partial charge in [-0.15, -0.1) is 0 Å². The van der Waals surface area contributed by atoms with Gasteiger partial charge in [-0.25, -0.2) is 0 Å². The third-order valence-electron chi connectivity index (χ3n) is 7.89. The molecular formula is C26H33N2O2+. The maximum Gasteiger partial charge on any atom is 0.231 e. The van der Waals surface area contributed by atoms with E-state index in [1.165, 1.54) is 38.9 Å². The normalized spacial score (nSPS) is 21.1. The molecule has 2 aromatic rings. The topological polar surface area (TPSA) is 24.7 Å². The molecule has 3 aliphatic heterocycles. The molecule has 5 rings (SSSR count). The quantitative estimate of drug-likeness (QED) is 0.610. The lowest BCUT2D eigenvalue weighted by atomic mass is 9.75. The zero-order valence-corrected chi connectivity index (χ0v) is 19.2. The SMILES string of the molecule is C=[N+]1c2c(C3=C(C)N(C)CC3(C)C)ccc3cc4c(c(c23)CC1(CC)CC)OCO4. The second-order valence-corrected chi connectivity index (χ2v) is 9.89. The van der Waals surface area contributed by atoms with Crippen LogP contribution in [0.4, 0.5) is 5.69 Å². The van der Waals surface area contributed by atoms with E-state index in [0.29, 0.717) is 6.79 Å². The van der Waals surface area contributed by atoms with Crippen molar-refractivity contribution in [2.45, 2.75) is 59.4 Å². The average Bonchev–Trinajstić information content (AvgIpc) is 3.26. The van der Waals surface area contributed by atoms with Crippen molar-refractivity contribution in [3.05, 3.63) is 35.0 Å². The van der Waals surface area contributed by atoms with Gasteiger partial charge in [-0.2, -0.15) is 4.58 Å². The molecule has 0 unspecified atom stereocenters. The summed E-state index contributed by atoms with van der Waals surface area (Å²) in [7, 11) is 2.20. The van der Waals surface area contributed by atoms with Crippen LogP contribution in [0.15, 0.2) is 23.9 Å². The van der Waals surface area contributed by atoms with Crippen LogP contribution in [0, 0.1) is 5.41 Å². The lowest BCUT2D eigenvalue weighted by Crippen LogP contribution is -2.43. The summed E-state index contributed by atoms with van der Waals surface area (Å²) in [4.78, 5) is 2.38. The third-order valence-corrected chi connectivity index (χ3v) is 7.89. The number of nitrogens with zero attached hydrogens (tertiary/aromatic N) is 2. The molecule has 3 heterocycles. The second-order valence-electron chi connectivity index (χ2n) is 9.89. The van der Waals surface area contributed by atoms with Crippen molar-refractivity contribution in [2.75, 3.05) is 20.4 Å². The molecule has 0 N–H and O–H groups in total. The molecule has 0 spiro atoms. The van der Waals surface area contributed by atoms with Crippen LogP contribution in [-0.4, -0.2) is 42.1 Å². The van der Waals surface area contributed by atoms with E-state index in [1.54, 1.807) is 0 Å². The molecule has 3 aliphatic rings. The first-order valence-electron chi connectivity index (χ1n) is 11.2. The Morgan fingerprint density at radius 2 is 1.90 bits per heavy atom. The summed E-state index contributed by atoms with van der Waals surface area (Å²) in [5.41, 5.74) is 6.71. The van der Waals surface area contributed by atoms with E-state index in [2.05, 4.69) is 76.1 Å². The zero-order valence-electron chi connectivity index (χ0n) is 19.2. The molecule has 0 aliphatic carbocycles. The summed E-state index contributed by atoms with van der Waals surface area (Å²) >= 11 is 0. The number of allylic oxidation sites excluding steroid dienone is 1. The minimum absolute atomic E-state index is 0.0276. The standard InChI is InChI=1S/C26H33N2O2/c1-8-26(9-2)13-19-21-17(12-20-24(19)30-15-29-20)10-11-18(23(21)28(26)7)22-16(3)27(6)14-25(22,4)5/h10-12H,7-9,13-15H2,1-6H3/q+1. The molecule has 0 radical (unpaired) electrons. The molecule has 158 valence electrons. The van der Waals surface area contributed by atoms with E-state index in [1.807, 2.05) is 0 Å². The van der Waals surface area contributed by atoms with Gasteiger partial charge in [-0.3, -0.25) is 0 Å². The van der Waals surface area contributed by atoms with E-state index in [4.69, 9.17) is 9.47 Å². The van der Waals surface area contributed by atoms with Crippen LogP contribution in [0.1, 0.15) is 58.6 Å². The van der Waals surface area contributed by atoms with Gasteiger partial charge in [0.05, 0.1) is 10.9 Å². The Morgan fingerprint density at radius 1 is 1.17 bits per heavy atom. The smallest absolute Gasteiger partial charge is 0.231 e. The summed E-state index contributed by atoms with van der Waals surface area (Å²) in [5, 5.41) is 2.50. The molecule has 0 saturated heterocycles. The van der Waals surface area contributed by atoms with Crippen LogP contribution in [0.2, 0.25) is 0 Å². The fourth-order valence-electron chi connectivity index (χ4n) is 6.16. The number of hydrogen-bond donors (Lipinski definition) is 0. The summed E-state index contributed by atoms with van der Waals surface area (Å²) in [6.45, 7) is 17.5. The molecule has 0 aromatic heterocycles. The van der Waals surface area contributed by atoms with Gasteiger partial charge in [0.1, 0.15) is 6.72 Å². The number of hydrogen-bond acceptors (Lipinski definition) is 3. The molecular weight excluding hydrogens is 372 g/mol. The molecule has 0 amide bonds. The Labute approximate surface area is 179 Å². The van der Waals surface area contributed by atoms with Gasteiger partial charge >= 0.3 is 0 Å². The van der Waals surface area contributed by atoms with Gasteiger partial charge in [-0.1, -0.05) is 33.8 Å². The van der Waals surface area contributed by atoms with Crippen molar-refractivity contribution in [1.82, 2.24) is 4.90 Å². The maximum absolute atomic E-state index is 6.00. The Bertz CT molecular complexity index is 1120. The Hall–Kier alpha value is -2.49. The fraction of sp³-hybridized carbons (Fsp3) is 0.500. The number of ether oxygens (including phenoxy) is 2. The Balaban J connectivity index is 1.91. The molecule has 0 atom stereocenters. The predicted octanol–water partition coefficient (Wildman–Crippen LogP) is 5.73. The lowest BCUT2D eigenvalue weighted by molar-refractivity contribution is -0.530. The van der Waals surface area contributed by atoms with Crippen LogP contribution >= 0.6 is 0 Å². The number of benzene rings is 2. The van der Waals surface area contributed by atoms with Crippen LogP contribution < -0.4 is 9.47 Å². The van der Waals surface area contributed by atoms with Crippen molar-refractivity contribution in [2.24, 2.45) is 5.41 Å². The fourth-order valence-corrected chi connectivity index (χ4v) is 6.16. The Kier molecular flexibility index (Phi) is 4.06. The summed E-state index contributed by atoms with van der Waals surface area (Å²) in [5.74, 6) is 1.82. The van der Waals surface area contributed by atoms with E-state index < -0.39 is 0 Å². The van der Waals surface area contributed by atoms with Crippen LogP contribution in [-0.2, 0) is 6.42 Å². The van der Waals surface area contributed by atoms with Crippen LogP contribution in [0.25, 0.3) is 16.3 Å². The van der Waals surface area contributed by atoms with Gasteiger partial charge < -0.3 is 14.4 Å². The van der Waals surface area contributed by atoms with Gasteiger partial charge in [-0.05, 0) is 30.0 Å². The van der Waals surface area contributed by atoms with Gasteiger partial charge in [0.2, 0.25) is 12.5 Å². The highest BCUT2D eigenvalue weighted by atomic mass is 16.7. The van der Waals surface area contributed by atoms with E-state index in [0.717, 1.165) is 37.3 Å². The number of fused-ring (bicyclic) bond motifs is 2. The average molecular weight is 406 g/mol. The first-order valence-corrected chi connectivity index (χ1v) is 11.2. The monoisotopic (exact) mass is 405 g/mol. The first-order chi connectivity index (χ1) is 14.2. The lowest BCUT2D eigenvalue weighted by Gasteiger charge is -2.35. The minimum atomic E-state index is -0.0276. The highest BCUT2D eigenvalue weighted by Crippen LogP contribution is 2.55.